The summed E-state index contributed by atoms with van der Waals surface area (Å²) in [7, 11) is 0. The molecule has 80 valence electrons. The van der Waals surface area contributed by atoms with Crippen molar-refractivity contribution in [1.82, 2.24) is 0 Å². The van der Waals surface area contributed by atoms with Gasteiger partial charge < -0.3 is 4.74 Å². The minimum atomic E-state index is 0.0579. The molecule has 0 N–H and O–H groups in total. The van der Waals surface area contributed by atoms with Gasteiger partial charge in [-0.25, -0.2) is 0 Å². The van der Waals surface area contributed by atoms with Gasteiger partial charge in [0.05, 0.1) is 5.60 Å². The fraction of sp³-hybridized carbons (Fsp3) is 1.00. The zero-order valence-corrected chi connectivity index (χ0v) is 9.73. The Bertz CT molecular complexity index is 235. The largest absolute Gasteiger partial charge is 0.376 e. The van der Waals surface area contributed by atoms with E-state index in [9.17, 15) is 0 Å². The molecule has 0 aromatic rings. The number of hydrogen-bond acceptors (Lipinski definition) is 1. The second-order valence-electron chi connectivity index (χ2n) is 6.61. The topological polar surface area (TPSA) is 9.23 Å². The third kappa shape index (κ3) is 1.11. The van der Waals surface area contributed by atoms with Crippen molar-refractivity contribution in [2.75, 3.05) is 6.61 Å². The van der Waals surface area contributed by atoms with Crippen molar-refractivity contribution in [1.29, 1.82) is 0 Å². The van der Waals surface area contributed by atoms with E-state index in [2.05, 4.69) is 20.8 Å². The standard InChI is InChI=1S/C13H22O/c1-11(2,3)14-9-4-10-12(5-6-12)13(10)7-8-13/h10H,4-9H2,1-3H3. The Hall–Kier alpha value is -0.0400. The predicted octanol–water partition coefficient (Wildman–Crippen LogP) is 3.38. The molecule has 3 saturated carbocycles. The summed E-state index contributed by atoms with van der Waals surface area (Å²) in [5, 5.41) is 0. The third-order valence-electron chi connectivity index (χ3n) is 4.76. The van der Waals surface area contributed by atoms with Crippen LogP contribution in [0.1, 0.15) is 52.9 Å². The van der Waals surface area contributed by atoms with E-state index in [4.69, 9.17) is 4.74 Å². The lowest BCUT2D eigenvalue weighted by Gasteiger charge is -2.19. The van der Waals surface area contributed by atoms with E-state index in [0.717, 1.165) is 23.4 Å². The van der Waals surface area contributed by atoms with Gasteiger partial charge in [0.15, 0.2) is 0 Å². The van der Waals surface area contributed by atoms with E-state index in [1.54, 1.807) is 0 Å². The molecule has 3 aliphatic carbocycles. The van der Waals surface area contributed by atoms with Crippen LogP contribution in [0.25, 0.3) is 0 Å². The van der Waals surface area contributed by atoms with Gasteiger partial charge in [0.25, 0.3) is 0 Å². The molecule has 1 heteroatoms. The summed E-state index contributed by atoms with van der Waals surface area (Å²) in [6.45, 7) is 7.44. The van der Waals surface area contributed by atoms with E-state index < -0.39 is 0 Å². The van der Waals surface area contributed by atoms with E-state index in [-0.39, 0.29) is 5.60 Å². The minimum Gasteiger partial charge on any atom is -0.376 e. The Labute approximate surface area is 87.2 Å². The van der Waals surface area contributed by atoms with E-state index >= 15 is 0 Å². The number of fused-ring (bicyclic) bond motifs is 1. The zero-order valence-electron chi connectivity index (χ0n) is 9.73. The lowest BCUT2D eigenvalue weighted by atomic mass is 10.2. The van der Waals surface area contributed by atoms with Crippen LogP contribution in [0.5, 0.6) is 0 Å². The van der Waals surface area contributed by atoms with Crippen LogP contribution in [0.3, 0.4) is 0 Å². The Morgan fingerprint density at radius 3 is 1.93 bits per heavy atom. The summed E-state index contributed by atoms with van der Waals surface area (Å²) < 4.78 is 5.82. The second kappa shape index (κ2) is 2.37. The zero-order chi connectivity index (χ0) is 10.0. The maximum absolute atomic E-state index is 5.82. The summed E-state index contributed by atoms with van der Waals surface area (Å²) in [5.41, 5.74) is 1.80. The fourth-order valence-electron chi connectivity index (χ4n) is 3.84. The highest BCUT2D eigenvalue weighted by Gasteiger charge is 2.85. The quantitative estimate of drug-likeness (QED) is 0.669. The van der Waals surface area contributed by atoms with Crippen LogP contribution < -0.4 is 0 Å². The molecule has 0 aromatic carbocycles. The first-order valence-electron chi connectivity index (χ1n) is 6.14. The van der Waals surface area contributed by atoms with Gasteiger partial charge in [-0.15, -0.1) is 0 Å². The van der Waals surface area contributed by atoms with E-state index in [1.165, 1.54) is 32.1 Å². The van der Waals surface area contributed by atoms with Crippen LogP contribution >= 0.6 is 0 Å². The van der Waals surface area contributed by atoms with Gasteiger partial charge in [0.1, 0.15) is 0 Å². The second-order valence-corrected chi connectivity index (χ2v) is 6.61. The molecule has 3 aliphatic rings. The molecule has 3 fully saturated rings. The molecular formula is C13H22O. The van der Waals surface area contributed by atoms with Gasteiger partial charge in [0.2, 0.25) is 0 Å². The summed E-state index contributed by atoms with van der Waals surface area (Å²) in [6.07, 6.45) is 7.47. The average molecular weight is 194 g/mol. The Morgan fingerprint density at radius 2 is 1.57 bits per heavy atom. The summed E-state index contributed by atoms with van der Waals surface area (Å²) in [6, 6.07) is 0. The first-order chi connectivity index (χ1) is 6.50. The highest BCUT2D eigenvalue weighted by molar-refractivity contribution is 5.34. The van der Waals surface area contributed by atoms with Crippen molar-refractivity contribution in [3.8, 4) is 0 Å². The van der Waals surface area contributed by atoms with Gasteiger partial charge in [-0.2, -0.15) is 0 Å². The molecule has 2 spiro atoms. The van der Waals surface area contributed by atoms with Crippen molar-refractivity contribution < 1.29 is 4.74 Å². The van der Waals surface area contributed by atoms with Gasteiger partial charge >= 0.3 is 0 Å². The highest BCUT2D eigenvalue weighted by atomic mass is 16.5. The molecule has 1 nitrogen and oxygen atoms in total. The van der Waals surface area contributed by atoms with Gasteiger partial charge in [-0.3, -0.25) is 0 Å². The summed E-state index contributed by atoms with van der Waals surface area (Å²) in [4.78, 5) is 0. The van der Waals surface area contributed by atoms with Gasteiger partial charge in [0, 0.05) is 6.61 Å². The van der Waals surface area contributed by atoms with Crippen LogP contribution in [-0.2, 0) is 4.74 Å². The first kappa shape index (κ1) is 9.21. The van der Waals surface area contributed by atoms with Crippen LogP contribution in [0.2, 0.25) is 0 Å². The monoisotopic (exact) mass is 194 g/mol. The van der Waals surface area contributed by atoms with Gasteiger partial charge in [-0.1, -0.05) is 0 Å². The van der Waals surface area contributed by atoms with Crippen molar-refractivity contribution in [3.05, 3.63) is 0 Å². The maximum Gasteiger partial charge on any atom is 0.0598 e. The molecule has 0 radical (unpaired) electrons. The molecular weight excluding hydrogens is 172 g/mol. The molecule has 14 heavy (non-hydrogen) atoms. The average Bonchev–Trinajstić information content (AvgIpc) is 2.91. The lowest BCUT2D eigenvalue weighted by molar-refractivity contribution is -0.00681. The molecule has 0 amide bonds. The van der Waals surface area contributed by atoms with Crippen molar-refractivity contribution in [3.63, 3.8) is 0 Å². The van der Waals surface area contributed by atoms with Crippen LogP contribution in [0.15, 0.2) is 0 Å². The number of rotatable bonds is 3. The highest BCUT2D eigenvalue weighted by Crippen LogP contribution is 2.93. The van der Waals surface area contributed by atoms with Crippen molar-refractivity contribution in [2.45, 2.75) is 58.5 Å². The summed E-state index contributed by atoms with van der Waals surface area (Å²) >= 11 is 0. The fourth-order valence-corrected chi connectivity index (χ4v) is 3.84. The van der Waals surface area contributed by atoms with Crippen LogP contribution in [-0.4, -0.2) is 12.2 Å². The minimum absolute atomic E-state index is 0.0579. The van der Waals surface area contributed by atoms with Crippen LogP contribution in [0, 0.1) is 16.7 Å². The lowest BCUT2D eigenvalue weighted by Crippen LogP contribution is -2.20. The van der Waals surface area contributed by atoms with E-state index in [1.807, 2.05) is 0 Å². The Morgan fingerprint density at radius 1 is 1.07 bits per heavy atom. The Kier molecular flexibility index (Phi) is 1.56. The molecule has 0 aromatic heterocycles. The molecule has 3 rings (SSSR count). The van der Waals surface area contributed by atoms with Crippen molar-refractivity contribution in [2.24, 2.45) is 16.7 Å². The summed E-state index contributed by atoms with van der Waals surface area (Å²) in [5.74, 6) is 1.05. The molecule has 0 atom stereocenters. The number of ether oxygens (including phenoxy) is 1. The van der Waals surface area contributed by atoms with Crippen LogP contribution in [0.4, 0.5) is 0 Å². The maximum atomic E-state index is 5.82. The first-order valence-corrected chi connectivity index (χ1v) is 6.14. The Balaban J connectivity index is 1.47. The number of hydrogen-bond donors (Lipinski definition) is 0. The molecule has 0 aliphatic heterocycles. The third-order valence-corrected chi connectivity index (χ3v) is 4.76. The molecule has 0 saturated heterocycles. The molecule has 0 heterocycles. The smallest absolute Gasteiger partial charge is 0.0598 e. The molecule has 0 unspecified atom stereocenters. The molecule has 0 bridgehead atoms. The SMILES string of the molecule is CC(C)(C)OCCC1C2(CC2)C12CC2. The van der Waals surface area contributed by atoms with E-state index in [0.29, 0.717) is 0 Å². The predicted molar refractivity (Wildman–Crippen MR) is 57.1 cm³/mol. The van der Waals surface area contributed by atoms with Crippen molar-refractivity contribution >= 4 is 0 Å². The normalized spacial score (nSPS) is 34.9. The van der Waals surface area contributed by atoms with Gasteiger partial charge in [-0.05, 0) is 69.6 Å².